The molecule has 1 aromatic heterocycles. The van der Waals surface area contributed by atoms with Gasteiger partial charge in [-0.2, -0.15) is 0 Å². The normalized spacial score (nSPS) is 19.6. The van der Waals surface area contributed by atoms with Gasteiger partial charge in [-0.05, 0) is 49.4 Å². The number of amides is 3. The fourth-order valence-corrected chi connectivity index (χ4v) is 8.10. The Bertz CT molecular complexity index is 1730. The van der Waals surface area contributed by atoms with E-state index in [1.807, 2.05) is 37.3 Å². The van der Waals surface area contributed by atoms with E-state index in [4.69, 9.17) is 4.74 Å². The predicted octanol–water partition coefficient (Wildman–Crippen LogP) is 4.80. The number of nitrogens with zero attached hydrogens (tertiary/aromatic N) is 2. The molecule has 0 radical (unpaired) electrons. The summed E-state index contributed by atoms with van der Waals surface area (Å²) in [7, 11) is 1.53. The predicted molar refractivity (Wildman–Crippen MR) is 155 cm³/mol. The Morgan fingerprint density at radius 3 is 2.39 bits per heavy atom. The number of imide groups is 1. The molecule has 3 aromatic carbocycles. The number of anilines is 2. The van der Waals surface area contributed by atoms with Crippen molar-refractivity contribution >= 4 is 52.2 Å². The number of aromatic nitrogens is 1. The van der Waals surface area contributed by atoms with Crippen LogP contribution in [-0.4, -0.2) is 34.6 Å². The average Bonchev–Trinajstić information content (AvgIpc) is 3.41. The highest BCUT2D eigenvalue weighted by molar-refractivity contribution is 8.00. The highest BCUT2D eigenvalue weighted by Crippen LogP contribution is 2.55. The van der Waals surface area contributed by atoms with E-state index in [9.17, 15) is 23.6 Å². The third kappa shape index (κ3) is 4.74. The second kappa shape index (κ2) is 10.6. The Morgan fingerprint density at radius 1 is 0.976 bits per heavy atom. The number of aryl methyl sites for hydroxylation is 1. The number of fused-ring (bicyclic) bond motifs is 2. The number of ether oxygens (including phenoxy) is 1. The summed E-state index contributed by atoms with van der Waals surface area (Å²) in [5, 5.41) is 2.34. The molecule has 41 heavy (non-hydrogen) atoms. The zero-order valence-electron chi connectivity index (χ0n) is 22.0. The first-order valence-electron chi connectivity index (χ1n) is 12.8. The summed E-state index contributed by atoms with van der Waals surface area (Å²) in [5.74, 6) is -2.53. The second-order valence-electron chi connectivity index (χ2n) is 9.81. The lowest BCUT2D eigenvalue weighted by Crippen LogP contribution is -2.33. The fourth-order valence-electron chi connectivity index (χ4n) is 5.34. The van der Waals surface area contributed by atoms with E-state index in [0.717, 1.165) is 28.7 Å². The van der Waals surface area contributed by atoms with Gasteiger partial charge in [-0.25, -0.2) is 9.29 Å². The van der Waals surface area contributed by atoms with Crippen LogP contribution >= 0.6 is 23.1 Å². The van der Waals surface area contributed by atoms with Gasteiger partial charge in [-0.3, -0.25) is 23.7 Å². The minimum Gasteiger partial charge on any atom is -0.496 e. The molecule has 208 valence electrons. The van der Waals surface area contributed by atoms with Crippen LogP contribution in [0.1, 0.15) is 21.9 Å². The number of carbonyl (C=O) groups excluding carboxylic acids is 3. The van der Waals surface area contributed by atoms with E-state index in [1.165, 1.54) is 40.8 Å². The Morgan fingerprint density at radius 2 is 1.68 bits per heavy atom. The summed E-state index contributed by atoms with van der Waals surface area (Å²) >= 11 is 2.10. The first-order chi connectivity index (χ1) is 19.8. The SMILES string of the molecule is COc1ccccc1C1c2sc(=O)n(CC(=O)Nc3ccc(F)cc3)c2SC2C(=O)N(c3ccc(C)cc3)C(=O)C21. The standard InChI is InChI=1S/C30H24FN3O5S2/c1-16-7-13-19(14-8-16)34-27(36)24-23(20-5-3-4-6-21(20)39-2)26-29(40-25(24)28(34)37)33(30(38)41-26)15-22(35)32-18-11-9-17(31)10-12-18/h3-14,23-25H,15H2,1-2H3,(H,32,35). The van der Waals surface area contributed by atoms with Crippen molar-refractivity contribution in [2.24, 2.45) is 5.92 Å². The van der Waals surface area contributed by atoms with Gasteiger partial charge in [0.05, 0.1) is 23.7 Å². The Hall–Kier alpha value is -4.22. The van der Waals surface area contributed by atoms with Gasteiger partial charge >= 0.3 is 4.87 Å². The highest BCUT2D eigenvalue weighted by Gasteiger charge is 2.57. The van der Waals surface area contributed by atoms with Crippen LogP contribution in [0.2, 0.25) is 0 Å². The number of halogens is 1. The summed E-state index contributed by atoms with van der Waals surface area (Å²) in [6.45, 7) is 1.61. The van der Waals surface area contributed by atoms with Crippen molar-refractivity contribution in [1.82, 2.24) is 4.57 Å². The molecule has 2 aliphatic rings. The first kappa shape index (κ1) is 27.0. The lowest BCUT2D eigenvalue weighted by atomic mass is 9.82. The molecule has 4 aromatic rings. The maximum absolute atomic E-state index is 14.0. The molecular weight excluding hydrogens is 565 g/mol. The number of nitrogens with one attached hydrogen (secondary N) is 1. The number of hydrogen-bond donors (Lipinski definition) is 1. The van der Waals surface area contributed by atoms with Gasteiger partial charge in [0.1, 0.15) is 23.4 Å². The maximum atomic E-state index is 14.0. The van der Waals surface area contributed by atoms with Crippen molar-refractivity contribution in [1.29, 1.82) is 0 Å². The van der Waals surface area contributed by atoms with Crippen LogP contribution in [0.25, 0.3) is 0 Å². The van der Waals surface area contributed by atoms with Crippen LogP contribution in [0.5, 0.6) is 5.75 Å². The summed E-state index contributed by atoms with van der Waals surface area (Å²) < 4.78 is 20.3. The van der Waals surface area contributed by atoms with Crippen LogP contribution in [0.15, 0.2) is 82.6 Å². The topological polar surface area (TPSA) is 97.7 Å². The van der Waals surface area contributed by atoms with E-state index in [2.05, 4.69) is 5.32 Å². The molecule has 3 atom stereocenters. The van der Waals surface area contributed by atoms with Gasteiger partial charge in [0.2, 0.25) is 17.7 Å². The molecule has 0 saturated carbocycles. The molecule has 8 nitrogen and oxygen atoms in total. The Kier molecular flexibility index (Phi) is 7.00. The van der Waals surface area contributed by atoms with Crippen molar-refractivity contribution in [3.05, 3.63) is 104 Å². The summed E-state index contributed by atoms with van der Waals surface area (Å²) in [4.78, 5) is 55.5. The monoisotopic (exact) mass is 589 g/mol. The Balaban J connectivity index is 1.43. The molecular formula is C30H24FN3O5S2. The quantitative estimate of drug-likeness (QED) is 0.325. The van der Waals surface area contributed by atoms with Crippen LogP contribution < -0.4 is 19.8 Å². The third-order valence-electron chi connectivity index (χ3n) is 7.25. The molecule has 0 aliphatic carbocycles. The molecule has 11 heteroatoms. The number of methoxy groups -OCH3 is 1. The van der Waals surface area contributed by atoms with Crippen molar-refractivity contribution in [3.8, 4) is 5.75 Å². The van der Waals surface area contributed by atoms with E-state index in [1.54, 1.807) is 18.2 Å². The van der Waals surface area contributed by atoms with Crippen LogP contribution in [0.4, 0.5) is 15.8 Å². The van der Waals surface area contributed by atoms with Crippen LogP contribution in [-0.2, 0) is 20.9 Å². The second-order valence-corrected chi connectivity index (χ2v) is 11.9. The van der Waals surface area contributed by atoms with Crippen molar-refractivity contribution in [2.45, 2.75) is 29.7 Å². The number of thiazole rings is 1. The number of carbonyl (C=O) groups is 3. The minimum absolute atomic E-state index is 0.311. The largest absolute Gasteiger partial charge is 0.496 e. The lowest BCUT2D eigenvalue weighted by molar-refractivity contribution is -0.122. The molecule has 1 saturated heterocycles. The van der Waals surface area contributed by atoms with Crippen molar-refractivity contribution in [2.75, 3.05) is 17.3 Å². The van der Waals surface area contributed by atoms with Gasteiger partial charge in [0.15, 0.2) is 0 Å². The van der Waals surface area contributed by atoms with Gasteiger partial charge < -0.3 is 10.1 Å². The number of hydrogen-bond acceptors (Lipinski definition) is 7. The average molecular weight is 590 g/mol. The van der Waals surface area contributed by atoms with E-state index in [-0.39, 0.29) is 23.2 Å². The smallest absolute Gasteiger partial charge is 0.308 e. The van der Waals surface area contributed by atoms with E-state index >= 15 is 0 Å². The molecule has 1 N–H and O–H groups in total. The summed E-state index contributed by atoms with van der Waals surface area (Å²) in [6.07, 6.45) is 0. The van der Waals surface area contributed by atoms with Gasteiger partial charge in [0.25, 0.3) is 0 Å². The van der Waals surface area contributed by atoms with Crippen LogP contribution in [0.3, 0.4) is 0 Å². The van der Waals surface area contributed by atoms with Crippen LogP contribution in [0, 0.1) is 18.7 Å². The van der Waals surface area contributed by atoms with Gasteiger partial charge in [-0.15, -0.1) is 0 Å². The zero-order valence-corrected chi connectivity index (χ0v) is 23.6. The lowest BCUT2D eigenvalue weighted by Gasteiger charge is -2.31. The fraction of sp³-hybridized carbons (Fsp3) is 0.200. The molecule has 0 bridgehead atoms. The molecule has 0 spiro atoms. The summed E-state index contributed by atoms with van der Waals surface area (Å²) in [5.41, 5.74) is 2.55. The van der Waals surface area contributed by atoms with Crippen molar-refractivity contribution in [3.63, 3.8) is 0 Å². The Labute approximate surface area is 242 Å². The van der Waals surface area contributed by atoms with E-state index < -0.39 is 28.8 Å². The molecule has 3 unspecified atom stereocenters. The molecule has 3 heterocycles. The number of benzene rings is 3. The number of rotatable bonds is 6. The first-order valence-corrected chi connectivity index (χ1v) is 14.5. The molecule has 6 rings (SSSR count). The molecule has 1 fully saturated rings. The highest BCUT2D eigenvalue weighted by atomic mass is 32.2. The zero-order chi connectivity index (χ0) is 28.8. The number of thioether (sulfide) groups is 1. The van der Waals surface area contributed by atoms with E-state index in [0.29, 0.717) is 32.6 Å². The van der Waals surface area contributed by atoms with Gasteiger partial charge in [0, 0.05) is 22.0 Å². The molecule has 3 amide bonds. The maximum Gasteiger partial charge on any atom is 0.308 e. The van der Waals surface area contributed by atoms with Gasteiger partial charge in [-0.1, -0.05) is 59.0 Å². The number of para-hydroxylation sites is 1. The summed E-state index contributed by atoms with van der Waals surface area (Å²) in [6, 6.07) is 19.7. The minimum atomic E-state index is -0.813. The molecule has 2 aliphatic heterocycles. The van der Waals surface area contributed by atoms with Crippen molar-refractivity contribution < 1.29 is 23.5 Å². The third-order valence-corrected chi connectivity index (χ3v) is 9.85.